The van der Waals surface area contributed by atoms with Crippen LogP contribution in [0.2, 0.25) is 5.02 Å². The number of halogens is 4. The van der Waals surface area contributed by atoms with Crippen LogP contribution in [-0.4, -0.2) is 53.9 Å². The van der Waals surface area contributed by atoms with Crippen molar-refractivity contribution in [3.63, 3.8) is 0 Å². The molecule has 4 rings (SSSR count). The zero-order valence-electron chi connectivity index (χ0n) is 17.6. The molecule has 2 aliphatic rings. The lowest BCUT2D eigenvalue weighted by Crippen LogP contribution is -2.57. The van der Waals surface area contributed by atoms with Gasteiger partial charge in [0.2, 0.25) is 11.8 Å². The molecule has 1 aromatic carbocycles. The Hall–Kier alpha value is -2.91. The summed E-state index contributed by atoms with van der Waals surface area (Å²) in [6.07, 6.45) is -1.15. The first-order chi connectivity index (χ1) is 15.7. The number of hydrogen-bond donors (Lipinski definition) is 1. The summed E-state index contributed by atoms with van der Waals surface area (Å²) in [5.74, 6) is -0.405. The molecule has 2 amide bonds. The van der Waals surface area contributed by atoms with Gasteiger partial charge in [-0.2, -0.15) is 13.2 Å². The average Bonchev–Trinajstić information content (AvgIpc) is 2.80. The molecular weight excluding hydrogens is 457 g/mol. The lowest BCUT2D eigenvalue weighted by Gasteiger charge is -2.34. The molecule has 1 saturated heterocycles. The molecule has 0 radical (unpaired) electrons. The second-order valence-corrected chi connectivity index (χ2v) is 8.37. The van der Waals surface area contributed by atoms with Crippen molar-refractivity contribution in [2.45, 2.75) is 25.1 Å². The van der Waals surface area contributed by atoms with Crippen molar-refractivity contribution >= 4 is 34.8 Å². The van der Waals surface area contributed by atoms with Gasteiger partial charge in [-0.25, -0.2) is 4.98 Å². The van der Waals surface area contributed by atoms with Gasteiger partial charge in [-0.15, -0.1) is 0 Å². The largest absolute Gasteiger partial charge is 0.417 e. The van der Waals surface area contributed by atoms with Gasteiger partial charge in [0.25, 0.3) is 0 Å². The number of pyridine rings is 1. The summed E-state index contributed by atoms with van der Waals surface area (Å²) in [4.78, 5) is 32.6. The Bertz CT molecular complexity index is 1070. The maximum absolute atomic E-state index is 12.9. The molecule has 0 saturated carbocycles. The van der Waals surface area contributed by atoms with Crippen LogP contribution in [0.25, 0.3) is 5.57 Å². The summed E-state index contributed by atoms with van der Waals surface area (Å²) in [5, 5.41) is 3.69. The molecule has 2 aliphatic heterocycles. The first-order valence-corrected chi connectivity index (χ1v) is 10.9. The van der Waals surface area contributed by atoms with Crippen molar-refractivity contribution in [1.82, 2.24) is 15.2 Å². The van der Waals surface area contributed by atoms with Crippen molar-refractivity contribution in [2.24, 2.45) is 0 Å². The number of nitrogens with one attached hydrogen (secondary N) is 1. The highest BCUT2D eigenvalue weighted by Crippen LogP contribution is 2.30. The predicted molar refractivity (Wildman–Crippen MR) is 119 cm³/mol. The lowest BCUT2D eigenvalue weighted by molar-refractivity contribution is -0.137. The second kappa shape index (κ2) is 9.52. The van der Waals surface area contributed by atoms with Crippen LogP contribution in [-0.2, 0) is 15.8 Å². The van der Waals surface area contributed by atoms with Gasteiger partial charge in [0.15, 0.2) is 0 Å². The molecule has 1 N–H and O–H groups in total. The van der Waals surface area contributed by atoms with E-state index in [4.69, 9.17) is 11.6 Å². The topological polar surface area (TPSA) is 65.5 Å². The number of rotatable bonds is 4. The molecule has 1 aromatic heterocycles. The van der Waals surface area contributed by atoms with E-state index >= 15 is 0 Å². The van der Waals surface area contributed by atoms with Gasteiger partial charge in [-0.1, -0.05) is 29.8 Å². The van der Waals surface area contributed by atoms with Crippen LogP contribution in [0, 0.1) is 0 Å². The van der Waals surface area contributed by atoms with Crippen LogP contribution < -0.4 is 10.2 Å². The highest BCUT2D eigenvalue weighted by molar-refractivity contribution is 6.30. The van der Waals surface area contributed by atoms with Crippen LogP contribution in [0.3, 0.4) is 0 Å². The van der Waals surface area contributed by atoms with E-state index in [1.54, 1.807) is 4.90 Å². The Morgan fingerprint density at radius 3 is 2.67 bits per heavy atom. The highest BCUT2D eigenvalue weighted by atomic mass is 35.5. The van der Waals surface area contributed by atoms with Crippen LogP contribution in [0.15, 0.2) is 48.7 Å². The van der Waals surface area contributed by atoms with E-state index in [-0.39, 0.29) is 30.6 Å². The van der Waals surface area contributed by atoms with E-state index < -0.39 is 17.8 Å². The highest BCUT2D eigenvalue weighted by Gasteiger charge is 2.34. The summed E-state index contributed by atoms with van der Waals surface area (Å²) < 4.78 is 38.3. The molecular formula is C23H22ClF3N4O2. The molecule has 0 spiro atoms. The molecule has 10 heteroatoms. The summed E-state index contributed by atoms with van der Waals surface area (Å²) in [6.45, 7) is 1.64. The molecule has 0 bridgehead atoms. The fourth-order valence-corrected chi connectivity index (χ4v) is 4.18. The lowest BCUT2D eigenvalue weighted by atomic mass is 9.99. The average molecular weight is 479 g/mol. The zero-order chi connectivity index (χ0) is 23.6. The minimum Gasteiger partial charge on any atom is -0.339 e. The van der Waals surface area contributed by atoms with E-state index in [2.05, 4.69) is 10.3 Å². The fourth-order valence-electron chi connectivity index (χ4n) is 3.99. The van der Waals surface area contributed by atoms with Crippen molar-refractivity contribution in [1.29, 1.82) is 0 Å². The molecule has 6 nitrogen and oxygen atoms in total. The number of aromatic nitrogens is 1. The Balaban J connectivity index is 1.38. The third-order valence-electron chi connectivity index (χ3n) is 5.78. The standard InChI is InChI=1S/C23H22ClF3N4O2/c24-18-3-1-2-16(12-18)15-6-9-30(10-7-15)21(32)13-19-22(33)31(11-8-28-19)20-5-4-17(14-29-20)23(25,26)27/h1-6,12,14,19,28H,7-11,13H2. The van der Waals surface area contributed by atoms with Gasteiger partial charge < -0.3 is 10.2 Å². The maximum atomic E-state index is 12.9. The van der Waals surface area contributed by atoms with E-state index in [0.717, 1.165) is 17.2 Å². The van der Waals surface area contributed by atoms with Gasteiger partial charge >= 0.3 is 6.18 Å². The first-order valence-electron chi connectivity index (χ1n) is 10.5. The normalized spacial score (nSPS) is 19.5. The Morgan fingerprint density at radius 1 is 1.21 bits per heavy atom. The van der Waals surface area contributed by atoms with Gasteiger partial charge in [0, 0.05) is 37.4 Å². The van der Waals surface area contributed by atoms with Crippen molar-refractivity contribution in [3.05, 3.63) is 64.8 Å². The quantitative estimate of drug-likeness (QED) is 0.726. The molecule has 3 heterocycles. The Morgan fingerprint density at radius 2 is 2.03 bits per heavy atom. The Labute approximate surface area is 194 Å². The zero-order valence-corrected chi connectivity index (χ0v) is 18.4. The van der Waals surface area contributed by atoms with E-state index in [0.29, 0.717) is 37.3 Å². The molecule has 0 aliphatic carbocycles. The molecule has 2 aromatic rings. The predicted octanol–water partition coefficient (Wildman–Crippen LogP) is 3.76. The van der Waals surface area contributed by atoms with Crippen molar-refractivity contribution < 1.29 is 22.8 Å². The minimum absolute atomic E-state index is 0.0314. The number of amides is 2. The van der Waals surface area contributed by atoms with Crippen molar-refractivity contribution in [2.75, 3.05) is 31.1 Å². The monoisotopic (exact) mass is 478 g/mol. The SMILES string of the molecule is O=C(CC1NCCN(c2ccc(C(F)(F)F)cn2)C1=O)N1CC=C(c2cccc(Cl)c2)CC1. The van der Waals surface area contributed by atoms with Crippen LogP contribution in [0.1, 0.15) is 24.0 Å². The number of carbonyl (C=O) groups excluding carboxylic acids is 2. The van der Waals surface area contributed by atoms with Gasteiger partial charge in [-0.05, 0) is 41.8 Å². The molecule has 1 atom stereocenters. The van der Waals surface area contributed by atoms with Crippen LogP contribution >= 0.6 is 11.6 Å². The number of alkyl halides is 3. The number of piperazine rings is 1. The molecule has 1 fully saturated rings. The summed E-state index contributed by atoms with van der Waals surface area (Å²) >= 11 is 6.06. The van der Waals surface area contributed by atoms with E-state index in [1.807, 2.05) is 30.3 Å². The molecule has 1 unspecified atom stereocenters. The molecule has 174 valence electrons. The number of carbonyl (C=O) groups is 2. The van der Waals surface area contributed by atoms with Gasteiger partial charge in [-0.3, -0.25) is 14.5 Å². The fraction of sp³-hybridized carbons (Fsp3) is 0.348. The third-order valence-corrected chi connectivity index (χ3v) is 6.01. The summed E-state index contributed by atoms with van der Waals surface area (Å²) in [6, 6.07) is 8.87. The van der Waals surface area contributed by atoms with Crippen molar-refractivity contribution in [3.8, 4) is 0 Å². The maximum Gasteiger partial charge on any atom is 0.417 e. The minimum atomic E-state index is -4.50. The summed E-state index contributed by atoms with van der Waals surface area (Å²) in [5.41, 5.74) is 1.27. The summed E-state index contributed by atoms with van der Waals surface area (Å²) in [7, 11) is 0. The second-order valence-electron chi connectivity index (χ2n) is 7.93. The van der Waals surface area contributed by atoms with Gasteiger partial charge in [0.05, 0.1) is 18.0 Å². The van der Waals surface area contributed by atoms with E-state index in [9.17, 15) is 22.8 Å². The number of nitrogens with zero attached hydrogens (tertiary/aromatic N) is 3. The number of benzene rings is 1. The van der Waals surface area contributed by atoms with Crippen LogP contribution in [0.5, 0.6) is 0 Å². The third kappa shape index (κ3) is 5.36. The number of anilines is 1. The van der Waals surface area contributed by atoms with Gasteiger partial charge in [0.1, 0.15) is 5.82 Å². The molecule has 33 heavy (non-hydrogen) atoms. The van der Waals surface area contributed by atoms with E-state index in [1.165, 1.54) is 11.0 Å². The number of hydrogen-bond acceptors (Lipinski definition) is 4. The smallest absolute Gasteiger partial charge is 0.339 e. The first kappa shape index (κ1) is 23.3. The van der Waals surface area contributed by atoms with Crippen LogP contribution in [0.4, 0.5) is 19.0 Å². The Kier molecular flexibility index (Phi) is 6.71.